The van der Waals surface area contributed by atoms with Gasteiger partial charge >= 0.3 is 86.5 Å². The molecule has 0 unspecified atom stereocenters. The number of nitrogens with zero attached hydrogens (tertiary/aromatic N) is 1. The molecule has 0 aromatic carbocycles. The molecular formula is C11H21NSn. The van der Waals surface area contributed by atoms with E-state index in [-0.39, 0.29) is 0 Å². The predicted octanol–water partition coefficient (Wildman–Crippen LogP) is 2.68. The van der Waals surface area contributed by atoms with Crippen molar-refractivity contribution in [2.45, 2.75) is 21.2 Å². The van der Waals surface area contributed by atoms with Crippen molar-refractivity contribution in [3.63, 3.8) is 0 Å². The Morgan fingerprint density at radius 2 is 2.23 bits per heavy atom. The molecule has 1 nitrogen and oxygen atoms in total. The molecule has 1 heterocycles. The van der Waals surface area contributed by atoms with Crippen molar-refractivity contribution in [1.29, 1.82) is 0 Å². The molecule has 0 aliphatic carbocycles. The van der Waals surface area contributed by atoms with Crippen molar-refractivity contribution in [3.05, 3.63) is 22.3 Å². The van der Waals surface area contributed by atoms with Crippen LogP contribution in [0.1, 0.15) is 6.42 Å². The van der Waals surface area contributed by atoms with Gasteiger partial charge in [-0.2, -0.15) is 0 Å². The quantitative estimate of drug-likeness (QED) is 0.569. The van der Waals surface area contributed by atoms with Gasteiger partial charge in [0, 0.05) is 0 Å². The van der Waals surface area contributed by atoms with Crippen LogP contribution in [0.15, 0.2) is 22.3 Å². The molecule has 0 aromatic heterocycles. The summed E-state index contributed by atoms with van der Waals surface area (Å²) in [7, 11) is 0. The first-order chi connectivity index (χ1) is 6.04. The van der Waals surface area contributed by atoms with Gasteiger partial charge < -0.3 is 0 Å². The van der Waals surface area contributed by atoms with E-state index < -0.39 is 18.4 Å². The second kappa shape index (κ2) is 4.65. The summed E-state index contributed by atoms with van der Waals surface area (Å²) < 4.78 is 1.81. The van der Waals surface area contributed by atoms with Gasteiger partial charge in [0.1, 0.15) is 0 Å². The fraction of sp³-hybridized carbons (Fsp3) is 0.636. The number of rotatable bonds is 3. The van der Waals surface area contributed by atoms with Crippen LogP contribution in [-0.2, 0) is 0 Å². The van der Waals surface area contributed by atoms with Gasteiger partial charge in [0.15, 0.2) is 0 Å². The van der Waals surface area contributed by atoms with Crippen molar-refractivity contribution >= 4 is 18.4 Å². The third kappa shape index (κ3) is 3.47. The summed E-state index contributed by atoms with van der Waals surface area (Å²) in [5.41, 5.74) is 0. The maximum atomic E-state index is 3.77. The molecule has 0 atom stereocenters. The van der Waals surface area contributed by atoms with E-state index in [9.17, 15) is 0 Å². The molecule has 0 aromatic rings. The number of hydrogen-bond acceptors (Lipinski definition) is 1. The average Bonchev–Trinajstić information content (AvgIpc) is 2.04. The van der Waals surface area contributed by atoms with Crippen molar-refractivity contribution in [1.82, 2.24) is 4.90 Å². The third-order valence-electron chi connectivity index (χ3n) is 2.64. The van der Waals surface area contributed by atoms with Gasteiger partial charge in [-0.3, -0.25) is 0 Å². The normalized spacial score (nSPS) is 19.8. The molecule has 13 heavy (non-hydrogen) atoms. The Bertz CT molecular complexity index is 213. The SMILES string of the molecule is C=CCN1CC=[C]([Sn]([CH3])([CH3])[CH3])CC1. The monoisotopic (exact) mass is 287 g/mol. The topological polar surface area (TPSA) is 3.24 Å². The summed E-state index contributed by atoms with van der Waals surface area (Å²) >= 11 is -1.70. The van der Waals surface area contributed by atoms with Gasteiger partial charge in [-0.05, 0) is 0 Å². The van der Waals surface area contributed by atoms with E-state index in [1.165, 1.54) is 13.0 Å². The van der Waals surface area contributed by atoms with E-state index >= 15 is 0 Å². The summed E-state index contributed by atoms with van der Waals surface area (Å²) in [6.45, 7) is 7.21. The van der Waals surface area contributed by atoms with Crippen LogP contribution in [0.3, 0.4) is 0 Å². The van der Waals surface area contributed by atoms with E-state index in [0.717, 1.165) is 13.1 Å². The van der Waals surface area contributed by atoms with Crippen LogP contribution < -0.4 is 0 Å². The molecule has 0 saturated heterocycles. The van der Waals surface area contributed by atoms with Crippen LogP contribution in [0, 0.1) is 0 Å². The van der Waals surface area contributed by atoms with Crippen LogP contribution in [-0.4, -0.2) is 42.9 Å². The van der Waals surface area contributed by atoms with Crippen molar-refractivity contribution in [2.24, 2.45) is 0 Å². The predicted molar refractivity (Wildman–Crippen MR) is 62.7 cm³/mol. The standard InChI is InChI=1S/C8H12N.3CH3.Sn/c1-2-6-9-7-4-3-5-8-9;;;;/h2,4H,1,5-8H2;3*1H3;. The zero-order valence-electron chi connectivity index (χ0n) is 9.14. The summed E-state index contributed by atoms with van der Waals surface area (Å²) in [6, 6.07) is 0. The second-order valence-corrected chi connectivity index (χ2v) is 19.5. The first-order valence-corrected chi connectivity index (χ1v) is 15.1. The molecular weight excluding hydrogens is 265 g/mol. The first kappa shape index (κ1) is 11.3. The third-order valence-corrected chi connectivity index (χ3v) is 9.44. The second-order valence-electron chi connectivity index (χ2n) is 4.78. The molecule has 0 radical (unpaired) electrons. The molecule has 0 saturated carbocycles. The van der Waals surface area contributed by atoms with E-state index in [1.54, 1.807) is 0 Å². The molecule has 1 rings (SSSR count). The van der Waals surface area contributed by atoms with Crippen LogP contribution in [0.25, 0.3) is 0 Å². The molecule has 1 aliphatic rings. The Morgan fingerprint density at radius 3 is 2.62 bits per heavy atom. The average molecular weight is 286 g/mol. The summed E-state index contributed by atoms with van der Waals surface area (Å²) in [5, 5.41) is 0. The van der Waals surface area contributed by atoms with E-state index in [1.807, 2.05) is 9.67 Å². The zero-order chi connectivity index (χ0) is 9.90. The van der Waals surface area contributed by atoms with Crippen LogP contribution in [0.5, 0.6) is 0 Å². The molecule has 0 bridgehead atoms. The van der Waals surface area contributed by atoms with Gasteiger partial charge in [0.25, 0.3) is 0 Å². The van der Waals surface area contributed by atoms with Crippen LogP contribution in [0.4, 0.5) is 0 Å². The zero-order valence-corrected chi connectivity index (χ0v) is 12.0. The minimum absolute atomic E-state index is 1.05. The molecule has 0 N–H and O–H groups in total. The maximum absolute atomic E-state index is 3.77. The van der Waals surface area contributed by atoms with Gasteiger partial charge in [0.2, 0.25) is 0 Å². The van der Waals surface area contributed by atoms with Crippen molar-refractivity contribution < 1.29 is 0 Å². The summed E-state index contributed by atoms with van der Waals surface area (Å²) in [4.78, 5) is 9.96. The van der Waals surface area contributed by atoms with E-state index in [4.69, 9.17) is 0 Å². The van der Waals surface area contributed by atoms with Gasteiger partial charge in [-0.1, -0.05) is 0 Å². The first-order valence-electron chi connectivity index (χ1n) is 5.07. The molecule has 74 valence electrons. The molecule has 2 heteroatoms. The Balaban J connectivity index is 2.52. The number of hydrogen-bond donors (Lipinski definition) is 0. The van der Waals surface area contributed by atoms with Crippen LogP contribution >= 0.6 is 0 Å². The molecule has 0 spiro atoms. The van der Waals surface area contributed by atoms with E-state index in [0.29, 0.717) is 0 Å². The van der Waals surface area contributed by atoms with Gasteiger partial charge in [0.05, 0.1) is 0 Å². The Morgan fingerprint density at radius 1 is 1.54 bits per heavy atom. The molecule has 0 fully saturated rings. The Kier molecular flexibility index (Phi) is 4.04. The summed E-state index contributed by atoms with van der Waals surface area (Å²) in [5.74, 6) is 0. The van der Waals surface area contributed by atoms with Crippen LogP contribution in [0.2, 0.25) is 14.8 Å². The molecule has 0 amide bonds. The van der Waals surface area contributed by atoms with Gasteiger partial charge in [-0.25, -0.2) is 0 Å². The Hall–Kier alpha value is 0.239. The van der Waals surface area contributed by atoms with E-state index in [2.05, 4.69) is 32.4 Å². The van der Waals surface area contributed by atoms with Gasteiger partial charge in [-0.15, -0.1) is 0 Å². The fourth-order valence-electron chi connectivity index (χ4n) is 1.74. The summed E-state index contributed by atoms with van der Waals surface area (Å²) in [6.07, 6.45) is 5.79. The minimum atomic E-state index is -1.70. The fourth-order valence-corrected chi connectivity index (χ4v) is 6.21. The van der Waals surface area contributed by atoms with Crippen molar-refractivity contribution in [3.8, 4) is 0 Å². The Labute approximate surface area is 86.4 Å². The van der Waals surface area contributed by atoms with Crippen molar-refractivity contribution in [2.75, 3.05) is 19.6 Å². The molecule has 1 aliphatic heterocycles.